The monoisotopic (exact) mass is 296 g/mol. The summed E-state index contributed by atoms with van der Waals surface area (Å²) in [5.41, 5.74) is 0.796. The molecule has 0 saturated heterocycles. The minimum atomic E-state index is -0.362. The maximum Gasteiger partial charge on any atom is 0.257 e. The lowest BCUT2D eigenvalue weighted by molar-refractivity contribution is -0.123. The Kier molecular flexibility index (Phi) is 7.75. The van der Waals surface area contributed by atoms with E-state index in [0.29, 0.717) is 24.9 Å². The van der Waals surface area contributed by atoms with E-state index in [2.05, 4.69) is 17.6 Å². The van der Waals surface area contributed by atoms with Crippen molar-refractivity contribution in [2.45, 2.75) is 46.2 Å². The molecule has 0 saturated carbocycles. The number of nitrogens with one attached hydrogen (secondary N) is 2. The van der Waals surface area contributed by atoms with Crippen LogP contribution in [0.2, 0.25) is 0 Å². The van der Waals surface area contributed by atoms with Crippen molar-refractivity contribution in [3.8, 4) is 5.75 Å². The van der Waals surface area contributed by atoms with Gasteiger partial charge in [-0.05, 0) is 24.1 Å². The molecule has 1 aromatic rings. The van der Waals surface area contributed by atoms with E-state index < -0.39 is 0 Å². The van der Waals surface area contributed by atoms with Crippen LogP contribution in [-0.4, -0.2) is 25.1 Å². The van der Waals surface area contributed by atoms with E-state index in [4.69, 9.17) is 4.74 Å². The van der Waals surface area contributed by atoms with Crippen LogP contribution >= 0.6 is 0 Å². The Bertz CT molecular complexity index is 450. The van der Waals surface area contributed by atoms with Gasteiger partial charge >= 0.3 is 0 Å². The zero-order valence-corrected chi connectivity index (χ0v) is 13.0. The number of hydrogen-bond donors (Lipinski definition) is 2. The van der Waals surface area contributed by atoms with E-state index in [0.717, 1.165) is 18.4 Å². The molecule has 0 radical (unpaired) electrons. The van der Waals surface area contributed by atoms with Gasteiger partial charge in [-0.1, -0.05) is 27.2 Å². The molecule has 1 amide bonds. The van der Waals surface area contributed by atoms with Gasteiger partial charge in [0.15, 0.2) is 6.61 Å². The van der Waals surface area contributed by atoms with Gasteiger partial charge in [-0.15, -0.1) is 0 Å². The first kappa shape index (κ1) is 17.4. The van der Waals surface area contributed by atoms with Crippen LogP contribution in [0.4, 0.5) is 4.39 Å². The zero-order chi connectivity index (χ0) is 15.7. The van der Waals surface area contributed by atoms with E-state index >= 15 is 0 Å². The van der Waals surface area contributed by atoms with Crippen molar-refractivity contribution >= 4 is 5.91 Å². The van der Waals surface area contributed by atoms with Gasteiger partial charge in [0.05, 0.1) is 0 Å². The number of benzene rings is 1. The molecule has 2 N–H and O–H groups in total. The molecule has 1 rings (SSSR count). The Morgan fingerprint density at radius 2 is 2.10 bits per heavy atom. The van der Waals surface area contributed by atoms with Gasteiger partial charge in [-0.25, -0.2) is 4.39 Å². The lowest BCUT2D eigenvalue weighted by Gasteiger charge is -2.11. The first-order valence-corrected chi connectivity index (χ1v) is 7.43. The molecular weight excluding hydrogens is 271 g/mol. The second kappa shape index (κ2) is 9.34. The number of amides is 1. The minimum Gasteiger partial charge on any atom is -0.484 e. The summed E-state index contributed by atoms with van der Waals surface area (Å²) in [6.45, 7) is 7.22. The van der Waals surface area contributed by atoms with E-state index in [9.17, 15) is 9.18 Å². The molecule has 0 aliphatic carbocycles. The third-order valence-electron chi connectivity index (χ3n) is 2.87. The first-order chi connectivity index (χ1) is 10.0. The molecule has 0 aromatic heterocycles. The average molecular weight is 296 g/mol. The van der Waals surface area contributed by atoms with Crippen molar-refractivity contribution < 1.29 is 13.9 Å². The van der Waals surface area contributed by atoms with Crippen molar-refractivity contribution in [1.82, 2.24) is 10.6 Å². The highest BCUT2D eigenvalue weighted by Crippen LogP contribution is 2.16. The largest absolute Gasteiger partial charge is 0.484 e. The average Bonchev–Trinajstić information content (AvgIpc) is 2.43. The smallest absolute Gasteiger partial charge is 0.257 e. The normalized spacial score (nSPS) is 10.7. The van der Waals surface area contributed by atoms with Gasteiger partial charge in [0.25, 0.3) is 5.91 Å². The van der Waals surface area contributed by atoms with Crippen molar-refractivity contribution in [1.29, 1.82) is 0 Å². The maximum absolute atomic E-state index is 13.5. The fourth-order valence-electron chi connectivity index (χ4n) is 1.73. The van der Waals surface area contributed by atoms with E-state index in [1.54, 1.807) is 6.07 Å². The lowest BCUT2D eigenvalue weighted by Crippen LogP contribution is -2.29. The van der Waals surface area contributed by atoms with Crippen LogP contribution in [-0.2, 0) is 11.3 Å². The summed E-state index contributed by atoms with van der Waals surface area (Å²) in [5.74, 6) is -0.171. The summed E-state index contributed by atoms with van der Waals surface area (Å²) in [6.07, 6.45) is 1.97. The SMILES string of the molecule is CCCCNC(=O)COc1cc(F)cc(CNC(C)C)c1. The highest BCUT2D eigenvalue weighted by molar-refractivity contribution is 5.77. The van der Waals surface area contributed by atoms with Gasteiger partial charge in [0, 0.05) is 25.2 Å². The standard InChI is InChI=1S/C16H25FN2O2/c1-4-5-6-18-16(20)11-21-15-8-13(7-14(17)9-15)10-19-12(2)3/h7-9,12,19H,4-6,10-11H2,1-3H3,(H,18,20). The van der Waals surface area contributed by atoms with E-state index in [1.807, 2.05) is 13.8 Å². The summed E-state index contributed by atoms with van der Waals surface area (Å²) in [6, 6.07) is 4.82. The third-order valence-corrected chi connectivity index (χ3v) is 2.87. The molecule has 0 aliphatic rings. The molecule has 0 heterocycles. The van der Waals surface area contributed by atoms with Crippen LogP contribution in [0, 0.1) is 5.82 Å². The Morgan fingerprint density at radius 3 is 2.76 bits per heavy atom. The topological polar surface area (TPSA) is 50.4 Å². The predicted octanol–water partition coefficient (Wildman–Crippen LogP) is 2.62. The lowest BCUT2D eigenvalue weighted by atomic mass is 10.2. The molecule has 118 valence electrons. The fourth-order valence-corrected chi connectivity index (χ4v) is 1.73. The third kappa shape index (κ3) is 7.66. The molecule has 21 heavy (non-hydrogen) atoms. The summed E-state index contributed by atoms with van der Waals surface area (Å²) in [5, 5.41) is 5.97. The van der Waals surface area contributed by atoms with Crippen LogP contribution in [0.3, 0.4) is 0 Å². The molecule has 1 aromatic carbocycles. The second-order valence-electron chi connectivity index (χ2n) is 5.32. The Morgan fingerprint density at radius 1 is 1.33 bits per heavy atom. The molecule has 0 atom stereocenters. The van der Waals surface area contributed by atoms with Crippen LogP contribution in [0.15, 0.2) is 18.2 Å². The molecule has 0 unspecified atom stereocenters. The number of hydrogen-bond acceptors (Lipinski definition) is 3. The van der Waals surface area contributed by atoms with Gasteiger partial charge < -0.3 is 15.4 Å². The summed E-state index contributed by atoms with van der Waals surface area (Å²) in [7, 11) is 0. The van der Waals surface area contributed by atoms with E-state index in [-0.39, 0.29) is 18.3 Å². The van der Waals surface area contributed by atoms with Crippen molar-refractivity contribution in [2.75, 3.05) is 13.2 Å². The number of rotatable bonds is 9. The van der Waals surface area contributed by atoms with Crippen LogP contribution in [0.5, 0.6) is 5.75 Å². The molecule has 4 nitrogen and oxygen atoms in total. The van der Waals surface area contributed by atoms with Crippen molar-refractivity contribution in [2.24, 2.45) is 0 Å². The van der Waals surface area contributed by atoms with E-state index in [1.165, 1.54) is 12.1 Å². The second-order valence-corrected chi connectivity index (χ2v) is 5.32. The minimum absolute atomic E-state index is 0.0930. The number of unbranched alkanes of at least 4 members (excludes halogenated alkanes) is 1. The first-order valence-electron chi connectivity index (χ1n) is 7.43. The Labute approximate surface area is 126 Å². The summed E-state index contributed by atoms with van der Waals surface area (Å²) >= 11 is 0. The van der Waals surface area contributed by atoms with Gasteiger partial charge in [-0.2, -0.15) is 0 Å². The molecular formula is C16H25FN2O2. The number of halogens is 1. The number of carbonyl (C=O) groups excluding carboxylic acids is 1. The van der Waals surface area contributed by atoms with Crippen LogP contribution < -0.4 is 15.4 Å². The Hall–Kier alpha value is -1.62. The van der Waals surface area contributed by atoms with Crippen molar-refractivity contribution in [3.05, 3.63) is 29.6 Å². The van der Waals surface area contributed by atoms with Gasteiger partial charge in [0.2, 0.25) is 0 Å². The fraction of sp³-hybridized carbons (Fsp3) is 0.562. The Balaban J connectivity index is 2.48. The zero-order valence-electron chi connectivity index (χ0n) is 13.0. The predicted molar refractivity (Wildman–Crippen MR) is 81.8 cm³/mol. The molecule has 0 aliphatic heterocycles. The summed E-state index contributed by atoms with van der Waals surface area (Å²) in [4.78, 5) is 11.5. The van der Waals surface area contributed by atoms with Gasteiger partial charge in [0.1, 0.15) is 11.6 Å². The highest BCUT2D eigenvalue weighted by atomic mass is 19.1. The molecule has 0 fully saturated rings. The van der Waals surface area contributed by atoms with Gasteiger partial charge in [-0.3, -0.25) is 4.79 Å². The van der Waals surface area contributed by atoms with Crippen LogP contribution in [0.25, 0.3) is 0 Å². The van der Waals surface area contributed by atoms with Crippen LogP contribution in [0.1, 0.15) is 39.2 Å². The summed E-state index contributed by atoms with van der Waals surface area (Å²) < 4.78 is 18.9. The quantitative estimate of drug-likeness (QED) is 0.689. The number of carbonyl (C=O) groups is 1. The molecule has 5 heteroatoms. The maximum atomic E-state index is 13.5. The number of ether oxygens (including phenoxy) is 1. The van der Waals surface area contributed by atoms with Crippen molar-refractivity contribution in [3.63, 3.8) is 0 Å². The molecule has 0 bridgehead atoms. The molecule has 0 spiro atoms. The highest BCUT2D eigenvalue weighted by Gasteiger charge is 2.06.